The molecule has 2 aromatic heterocycles. The molecule has 3 fully saturated rings. The minimum atomic E-state index is -0.456. The molecule has 2 aliphatic heterocycles. The van der Waals surface area contributed by atoms with Crippen molar-refractivity contribution < 1.29 is 18.7 Å². The summed E-state index contributed by atoms with van der Waals surface area (Å²) in [6.45, 7) is 8.09. The van der Waals surface area contributed by atoms with Crippen LogP contribution in [0.15, 0.2) is 41.5 Å². The number of carbonyl (C=O) groups is 2. The first-order chi connectivity index (χ1) is 20.9. The maximum absolute atomic E-state index is 13.5. The van der Waals surface area contributed by atoms with Crippen LogP contribution in [0.2, 0.25) is 0 Å². The molecule has 11 heteroatoms. The Morgan fingerprint density at radius 2 is 1.84 bits per heavy atom. The molecule has 2 saturated heterocycles. The molecule has 0 unspecified atom stereocenters. The first-order valence-electron chi connectivity index (χ1n) is 15.8. The standard InChI is InChI=1S/C32H42FN7O3/c1-22-21-39(16-13-34-22)31(42)24-7-11-26(12-8-24)40-28-19-29(43-18-17-38-14-3-2-4-15-38)35-20-27(28)36-32(40)37-30(41)23-5-9-25(33)10-6-23/h5-6,9-10,19-20,22,24,26,34H,2-4,7-8,11-18,21H2,1H3,(H,36,37,41)/t22-,24?,26?/m0/s1. The molecular weight excluding hydrogens is 549 g/mol. The highest BCUT2D eigenvalue weighted by Crippen LogP contribution is 2.34. The van der Waals surface area contributed by atoms with Gasteiger partial charge in [-0.1, -0.05) is 6.42 Å². The number of fused-ring (bicyclic) bond motifs is 1. The lowest BCUT2D eigenvalue weighted by Gasteiger charge is -2.36. The summed E-state index contributed by atoms with van der Waals surface area (Å²) in [7, 11) is 0. The number of rotatable bonds is 7. The van der Waals surface area contributed by atoms with Crippen LogP contribution in [-0.4, -0.2) is 88.1 Å². The molecule has 3 aliphatic rings. The van der Waals surface area contributed by atoms with Gasteiger partial charge in [-0.15, -0.1) is 0 Å². The van der Waals surface area contributed by atoms with Gasteiger partial charge in [0.25, 0.3) is 5.91 Å². The lowest BCUT2D eigenvalue weighted by Crippen LogP contribution is -2.53. The Kier molecular flexibility index (Phi) is 9.18. The molecule has 2 N–H and O–H groups in total. The van der Waals surface area contributed by atoms with Gasteiger partial charge in [-0.05, 0) is 82.8 Å². The highest BCUT2D eigenvalue weighted by Gasteiger charge is 2.32. The number of likely N-dealkylation sites (tertiary alicyclic amines) is 1. The van der Waals surface area contributed by atoms with E-state index in [9.17, 15) is 14.0 Å². The van der Waals surface area contributed by atoms with Crippen LogP contribution in [0.4, 0.5) is 4.39 Å². The van der Waals surface area contributed by atoms with Gasteiger partial charge in [0.05, 0.1) is 17.2 Å². The predicted octanol–water partition coefficient (Wildman–Crippen LogP) is 3.66. The van der Waals surface area contributed by atoms with Gasteiger partial charge in [0, 0.05) is 55.8 Å². The molecule has 6 rings (SSSR count). The SMILES string of the molecule is C[C@H]1CN(C(=O)C2CCC(n3/c(=N/C(=O)c4ccc(F)cc4)[nH]c4cnc(OCCN5CCCCC5)cc43)CC2)CCN1. The zero-order valence-corrected chi connectivity index (χ0v) is 24.9. The van der Waals surface area contributed by atoms with E-state index < -0.39 is 11.7 Å². The Balaban J connectivity index is 1.24. The Morgan fingerprint density at radius 1 is 1.07 bits per heavy atom. The number of nitrogens with one attached hydrogen (secondary N) is 2. The molecule has 43 heavy (non-hydrogen) atoms. The molecule has 1 aromatic carbocycles. The van der Waals surface area contributed by atoms with Crippen LogP contribution < -0.4 is 15.7 Å². The molecule has 3 aromatic rings. The molecule has 1 atom stereocenters. The van der Waals surface area contributed by atoms with Crippen molar-refractivity contribution in [1.82, 2.24) is 29.7 Å². The molecule has 1 aliphatic carbocycles. The summed E-state index contributed by atoms with van der Waals surface area (Å²) < 4.78 is 21.6. The number of imidazole rings is 1. The number of pyridine rings is 1. The normalized spacial score (nSPS) is 23.9. The van der Waals surface area contributed by atoms with Gasteiger partial charge >= 0.3 is 0 Å². The molecule has 230 valence electrons. The molecule has 2 amide bonds. The summed E-state index contributed by atoms with van der Waals surface area (Å²) in [6.07, 6.45) is 8.62. The third-order valence-corrected chi connectivity index (χ3v) is 9.09. The molecule has 0 bridgehead atoms. The summed E-state index contributed by atoms with van der Waals surface area (Å²) in [4.78, 5) is 43.1. The second kappa shape index (κ2) is 13.4. The topological polar surface area (TPSA) is 108 Å². The van der Waals surface area contributed by atoms with E-state index in [1.807, 2.05) is 11.0 Å². The number of amides is 2. The van der Waals surface area contributed by atoms with E-state index in [1.165, 1.54) is 43.5 Å². The number of aromatic nitrogens is 3. The quantitative estimate of drug-likeness (QED) is 0.434. The molecular formula is C32H42FN7O3. The van der Waals surface area contributed by atoms with E-state index in [-0.39, 0.29) is 17.9 Å². The average Bonchev–Trinajstić information content (AvgIpc) is 3.38. The second-order valence-electron chi connectivity index (χ2n) is 12.2. The van der Waals surface area contributed by atoms with Crippen molar-refractivity contribution in [2.75, 3.05) is 45.9 Å². The van der Waals surface area contributed by atoms with Gasteiger partial charge < -0.3 is 24.5 Å². The minimum absolute atomic E-state index is 0.00365. The Labute approximate surface area is 251 Å². The Hall–Kier alpha value is -3.57. The van der Waals surface area contributed by atoms with Crippen LogP contribution in [0.5, 0.6) is 5.88 Å². The highest BCUT2D eigenvalue weighted by atomic mass is 19.1. The van der Waals surface area contributed by atoms with Gasteiger partial charge in [-0.2, -0.15) is 4.99 Å². The van der Waals surface area contributed by atoms with Crippen molar-refractivity contribution in [3.63, 3.8) is 0 Å². The van der Waals surface area contributed by atoms with E-state index in [2.05, 4.69) is 36.7 Å². The molecule has 0 spiro atoms. The highest BCUT2D eigenvalue weighted by molar-refractivity contribution is 5.94. The van der Waals surface area contributed by atoms with Crippen molar-refractivity contribution in [3.05, 3.63) is 53.5 Å². The number of hydrogen-bond donors (Lipinski definition) is 2. The number of H-pyrrole nitrogens is 1. The van der Waals surface area contributed by atoms with E-state index in [4.69, 9.17) is 4.74 Å². The Bertz CT molecular complexity index is 1490. The summed E-state index contributed by atoms with van der Waals surface area (Å²) >= 11 is 0. The van der Waals surface area contributed by atoms with Crippen molar-refractivity contribution in [1.29, 1.82) is 0 Å². The third-order valence-electron chi connectivity index (χ3n) is 9.09. The monoisotopic (exact) mass is 591 g/mol. The predicted molar refractivity (Wildman–Crippen MR) is 161 cm³/mol. The summed E-state index contributed by atoms with van der Waals surface area (Å²) in [5, 5.41) is 3.41. The van der Waals surface area contributed by atoms with Crippen LogP contribution in [0.1, 0.15) is 68.3 Å². The van der Waals surface area contributed by atoms with Gasteiger partial charge in [0.15, 0.2) is 0 Å². The van der Waals surface area contributed by atoms with E-state index in [0.717, 1.165) is 76.0 Å². The smallest absolute Gasteiger partial charge is 0.280 e. The van der Waals surface area contributed by atoms with E-state index in [0.29, 0.717) is 29.7 Å². The fourth-order valence-electron chi connectivity index (χ4n) is 6.73. The van der Waals surface area contributed by atoms with E-state index in [1.54, 1.807) is 6.20 Å². The third kappa shape index (κ3) is 6.99. The largest absolute Gasteiger partial charge is 0.476 e. The lowest BCUT2D eigenvalue weighted by atomic mass is 9.84. The Morgan fingerprint density at radius 3 is 2.58 bits per heavy atom. The van der Waals surface area contributed by atoms with E-state index >= 15 is 0 Å². The van der Waals surface area contributed by atoms with Crippen LogP contribution >= 0.6 is 0 Å². The first-order valence-corrected chi connectivity index (χ1v) is 15.8. The first kappa shape index (κ1) is 29.5. The zero-order valence-electron chi connectivity index (χ0n) is 24.9. The molecule has 0 radical (unpaired) electrons. The van der Waals surface area contributed by atoms with Crippen molar-refractivity contribution in [2.24, 2.45) is 10.9 Å². The van der Waals surface area contributed by atoms with Gasteiger partial charge in [0.1, 0.15) is 12.4 Å². The molecule has 10 nitrogen and oxygen atoms in total. The van der Waals surface area contributed by atoms with Gasteiger partial charge in [-0.25, -0.2) is 9.37 Å². The number of carbonyl (C=O) groups excluding carboxylic acids is 2. The molecule has 1 saturated carbocycles. The summed E-state index contributed by atoms with van der Waals surface area (Å²) in [6, 6.07) is 7.68. The minimum Gasteiger partial charge on any atom is -0.476 e. The fraction of sp³-hybridized carbons (Fsp3) is 0.562. The van der Waals surface area contributed by atoms with Crippen molar-refractivity contribution in [2.45, 2.75) is 64.0 Å². The van der Waals surface area contributed by atoms with Crippen LogP contribution in [0.3, 0.4) is 0 Å². The van der Waals surface area contributed by atoms with Gasteiger partial charge in [0.2, 0.25) is 17.4 Å². The van der Waals surface area contributed by atoms with Gasteiger partial charge in [-0.3, -0.25) is 14.5 Å². The molecule has 4 heterocycles. The summed E-state index contributed by atoms with van der Waals surface area (Å²) in [5.41, 5.74) is 2.34. The number of halogens is 1. The number of hydrogen-bond acceptors (Lipinski definition) is 6. The van der Waals surface area contributed by atoms with Crippen LogP contribution in [0, 0.1) is 11.7 Å². The average molecular weight is 592 g/mol. The number of aromatic amines is 1. The number of piperazine rings is 1. The van der Waals surface area contributed by atoms with Crippen LogP contribution in [-0.2, 0) is 4.79 Å². The second-order valence-corrected chi connectivity index (χ2v) is 12.2. The number of benzene rings is 1. The van der Waals surface area contributed by atoms with Crippen molar-refractivity contribution >= 4 is 22.8 Å². The zero-order chi connectivity index (χ0) is 29.8. The van der Waals surface area contributed by atoms with Crippen molar-refractivity contribution in [3.8, 4) is 5.88 Å². The number of piperidine rings is 1. The lowest BCUT2D eigenvalue weighted by molar-refractivity contribution is -0.137. The fourth-order valence-corrected chi connectivity index (χ4v) is 6.73. The maximum atomic E-state index is 13.5. The van der Waals surface area contributed by atoms with Crippen LogP contribution in [0.25, 0.3) is 11.0 Å². The summed E-state index contributed by atoms with van der Waals surface area (Å²) in [5.74, 6) is -0.0734. The number of ether oxygens (including phenoxy) is 1. The maximum Gasteiger partial charge on any atom is 0.280 e. The number of nitrogens with zero attached hydrogens (tertiary/aromatic N) is 5.